The lowest BCUT2D eigenvalue weighted by atomic mass is 10.2. The first kappa shape index (κ1) is 18.2. The molecule has 9 heteroatoms. The van der Waals surface area contributed by atoms with E-state index in [9.17, 15) is 4.79 Å². The van der Waals surface area contributed by atoms with E-state index >= 15 is 0 Å². The summed E-state index contributed by atoms with van der Waals surface area (Å²) in [4.78, 5) is 19.6. The maximum atomic E-state index is 11.6. The van der Waals surface area contributed by atoms with Crippen molar-refractivity contribution in [2.24, 2.45) is 5.73 Å². The molecule has 2 aromatic heterocycles. The lowest BCUT2D eigenvalue weighted by molar-refractivity contribution is 0.0896. The first-order valence-corrected chi connectivity index (χ1v) is 10.3. The van der Waals surface area contributed by atoms with E-state index in [4.69, 9.17) is 33.7 Å². The van der Waals surface area contributed by atoms with Crippen molar-refractivity contribution in [1.82, 2.24) is 14.5 Å². The molecule has 2 heterocycles. The van der Waals surface area contributed by atoms with Crippen molar-refractivity contribution in [1.29, 1.82) is 0 Å². The Kier molecular flexibility index (Phi) is 6.02. The molecule has 2 rings (SSSR count). The second-order valence-electron chi connectivity index (χ2n) is 5.65. The second-order valence-corrected chi connectivity index (χ2v) is 9.69. The molecule has 1 amide bonds. The van der Waals surface area contributed by atoms with E-state index < -0.39 is 14.7 Å². The highest BCUT2D eigenvalue weighted by Gasteiger charge is 2.24. The number of halogens is 2. The van der Waals surface area contributed by atoms with Gasteiger partial charge in [-0.25, -0.2) is 4.98 Å². The monoisotopic (exact) mass is 373 g/mol. The molecule has 124 valence electrons. The maximum Gasteiger partial charge on any atom is 0.316 e. The normalized spacial score (nSPS) is 11.4. The Bertz CT molecular complexity index is 720. The van der Waals surface area contributed by atoms with Gasteiger partial charge >= 0.3 is 8.80 Å². The van der Waals surface area contributed by atoms with Crippen LogP contribution in [0.3, 0.4) is 0 Å². The Balaban J connectivity index is 2.19. The minimum Gasteiger partial charge on any atom is -0.366 e. The largest absolute Gasteiger partial charge is 0.366 e. The topological polar surface area (TPSA) is 83.0 Å². The highest BCUT2D eigenvalue weighted by Crippen LogP contribution is 2.27. The van der Waals surface area contributed by atoms with Gasteiger partial charge < -0.3 is 15.0 Å². The van der Waals surface area contributed by atoms with E-state index in [2.05, 4.69) is 30.4 Å². The van der Waals surface area contributed by atoms with Crippen molar-refractivity contribution in [3.05, 3.63) is 22.2 Å². The van der Waals surface area contributed by atoms with Gasteiger partial charge in [-0.3, -0.25) is 4.79 Å². The van der Waals surface area contributed by atoms with Crippen LogP contribution in [0, 0.1) is 0 Å². The van der Waals surface area contributed by atoms with Crippen LogP contribution in [-0.2, 0) is 11.5 Å². The lowest BCUT2D eigenvalue weighted by Gasteiger charge is -2.06. The summed E-state index contributed by atoms with van der Waals surface area (Å²) in [5.41, 5.74) is 6.80. The molecule has 0 radical (unpaired) electrons. The SMILES string of the molecule is CC(C)[Si+](C)CCOCn1cc(C(N)=O)c2c(Cl)nc(Cl)nc21. The average Bonchev–Trinajstić information content (AvgIpc) is 2.82. The molecular weight excluding hydrogens is 355 g/mol. The summed E-state index contributed by atoms with van der Waals surface area (Å²) >= 11 is 11.9. The standard InChI is InChI=1S/C14H18Cl2N4O2Si/c1-8(2)23(3)5-4-22-7-20-6-9(12(17)21)10-11(15)18-14(16)19-13(10)20/h6,8H,4-5,7H2,1-3H3,(H-,17,21)/p+1. The fourth-order valence-electron chi connectivity index (χ4n) is 2.09. The summed E-state index contributed by atoms with van der Waals surface area (Å²) < 4.78 is 7.38. The van der Waals surface area contributed by atoms with Crippen LogP contribution in [0.15, 0.2) is 6.20 Å². The third-order valence-electron chi connectivity index (χ3n) is 3.77. The molecule has 0 atom stereocenters. The molecule has 2 aromatic rings. The van der Waals surface area contributed by atoms with Crippen LogP contribution in [0.4, 0.5) is 0 Å². The Labute approximate surface area is 146 Å². The quantitative estimate of drug-likeness (QED) is 0.349. The summed E-state index contributed by atoms with van der Waals surface area (Å²) in [7, 11) is -0.400. The van der Waals surface area contributed by atoms with Crippen LogP contribution < -0.4 is 5.73 Å². The van der Waals surface area contributed by atoms with Gasteiger partial charge in [0.25, 0.3) is 5.91 Å². The number of hydrogen-bond acceptors (Lipinski definition) is 4. The van der Waals surface area contributed by atoms with Gasteiger partial charge in [0.15, 0.2) is 0 Å². The minimum atomic E-state index is -0.597. The highest BCUT2D eigenvalue weighted by molar-refractivity contribution is 6.58. The molecule has 0 aliphatic rings. The van der Waals surface area contributed by atoms with E-state index in [-0.39, 0.29) is 22.7 Å². The first-order chi connectivity index (χ1) is 10.8. The predicted octanol–water partition coefficient (Wildman–Crippen LogP) is 3.35. The number of carbonyl (C=O) groups excluding carboxylic acids is 1. The Hall–Kier alpha value is -1.15. The molecule has 0 spiro atoms. The summed E-state index contributed by atoms with van der Waals surface area (Å²) in [6, 6.07) is 1.06. The number of nitrogens with two attached hydrogens (primary N) is 1. The smallest absolute Gasteiger partial charge is 0.316 e. The summed E-state index contributed by atoms with van der Waals surface area (Å²) in [5, 5.41) is 0.512. The van der Waals surface area contributed by atoms with Crippen molar-refractivity contribution >= 4 is 48.9 Å². The molecule has 0 fully saturated rings. The molecule has 2 N–H and O–H groups in total. The highest BCUT2D eigenvalue weighted by atomic mass is 35.5. The fourth-order valence-corrected chi connectivity index (χ4v) is 3.61. The van der Waals surface area contributed by atoms with Gasteiger partial charge in [-0.1, -0.05) is 11.6 Å². The number of rotatable bonds is 7. The number of fused-ring (bicyclic) bond motifs is 1. The fraction of sp³-hybridized carbons (Fsp3) is 0.500. The number of amides is 1. The second kappa shape index (κ2) is 7.61. The van der Waals surface area contributed by atoms with Crippen molar-refractivity contribution in [3.63, 3.8) is 0 Å². The van der Waals surface area contributed by atoms with Gasteiger partial charge in [-0.15, -0.1) is 0 Å². The van der Waals surface area contributed by atoms with Gasteiger partial charge in [0.1, 0.15) is 17.5 Å². The van der Waals surface area contributed by atoms with Gasteiger partial charge in [-0.2, -0.15) is 4.98 Å². The van der Waals surface area contributed by atoms with Crippen molar-refractivity contribution in [2.45, 2.75) is 38.7 Å². The molecule has 6 nitrogen and oxygen atoms in total. The molecule has 0 aliphatic heterocycles. The van der Waals surface area contributed by atoms with Gasteiger partial charge in [0.05, 0.1) is 35.7 Å². The third kappa shape index (κ3) is 4.23. The molecular formula is C14H19Cl2N4O2Si+. The lowest BCUT2D eigenvalue weighted by Crippen LogP contribution is -2.15. The summed E-state index contributed by atoms with van der Waals surface area (Å²) in [5.74, 6) is -0.597. The zero-order chi connectivity index (χ0) is 17.1. The van der Waals surface area contributed by atoms with Gasteiger partial charge in [0.2, 0.25) is 5.28 Å². The Morgan fingerprint density at radius 2 is 2.13 bits per heavy atom. The molecule has 0 saturated heterocycles. The molecule has 0 aliphatic carbocycles. The summed E-state index contributed by atoms with van der Waals surface area (Å²) in [6.45, 7) is 7.66. The van der Waals surface area contributed by atoms with Crippen LogP contribution in [0.2, 0.25) is 28.6 Å². The number of ether oxygens (including phenoxy) is 1. The van der Waals surface area contributed by atoms with Gasteiger partial charge in [-0.05, 0) is 25.4 Å². The number of aromatic nitrogens is 3. The molecule has 0 saturated carbocycles. The zero-order valence-electron chi connectivity index (χ0n) is 13.3. The zero-order valence-corrected chi connectivity index (χ0v) is 15.8. The number of nitrogens with zero attached hydrogens (tertiary/aromatic N) is 3. The number of primary amides is 1. The van der Waals surface area contributed by atoms with Crippen molar-refractivity contribution < 1.29 is 9.53 Å². The molecule has 23 heavy (non-hydrogen) atoms. The molecule has 0 bridgehead atoms. The summed E-state index contributed by atoms with van der Waals surface area (Å²) in [6.07, 6.45) is 1.57. The third-order valence-corrected chi connectivity index (χ3v) is 7.17. The van der Waals surface area contributed by atoms with Crippen LogP contribution >= 0.6 is 23.2 Å². The van der Waals surface area contributed by atoms with Crippen LogP contribution in [-0.4, -0.2) is 35.8 Å². The van der Waals surface area contributed by atoms with Crippen LogP contribution in [0.25, 0.3) is 11.0 Å². The first-order valence-electron chi connectivity index (χ1n) is 7.23. The number of carbonyl (C=O) groups is 1. The molecule has 0 unspecified atom stereocenters. The minimum absolute atomic E-state index is 0.0109. The van der Waals surface area contributed by atoms with E-state index in [0.717, 1.165) is 6.04 Å². The van der Waals surface area contributed by atoms with Crippen molar-refractivity contribution in [2.75, 3.05) is 6.61 Å². The van der Waals surface area contributed by atoms with Gasteiger partial charge in [0, 0.05) is 6.20 Å². The average molecular weight is 374 g/mol. The maximum absolute atomic E-state index is 11.6. The van der Waals surface area contributed by atoms with E-state index in [1.165, 1.54) is 0 Å². The van der Waals surface area contributed by atoms with E-state index in [1.807, 2.05) is 0 Å². The Morgan fingerprint density at radius 1 is 1.43 bits per heavy atom. The van der Waals surface area contributed by atoms with E-state index in [0.29, 0.717) is 23.2 Å². The predicted molar refractivity (Wildman–Crippen MR) is 93.5 cm³/mol. The van der Waals surface area contributed by atoms with Crippen molar-refractivity contribution in [3.8, 4) is 0 Å². The van der Waals surface area contributed by atoms with Crippen LogP contribution in [0.5, 0.6) is 0 Å². The van der Waals surface area contributed by atoms with E-state index in [1.54, 1.807) is 10.8 Å². The Morgan fingerprint density at radius 3 is 2.74 bits per heavy atom. The molecule has 0 aromatic carbocycles. The number of hydrogen-bond donors (Lipinski definition) is 1. The van der Waals surface area contributed by atoms with Crippen LogP contribution in [0.1, 0.15) is 24.2 Å².